The third kappa shape index (κ3) is 4.13. The Morgan fingerprint density at radius 2 is 0.706 bits per heavy atom. The van der Waals surface area contributed by atoms with Crippen LogP contribution in [0, 0.1) is 0 Å². The molecule has 1 aliphatic rings. The number of benzene rings is 4. The van der Waals surface area contributed by atoms with E-state index in [2.05, 4.69) is 0 Å². The SMILES string of the molecule is S=C1P(=S)(c2ccc(Oc3ccccc3)cc2)C(=S)P1(=S)c1ccc(Oc2ccccc2)cc1. The predicted molar refractivity (Wildman–Crippen MR) is 159 cm³/mol. The highest BCUT2D eigenvalue weighted by molar-refractivity contribution is 8.74. The first-order chi connectivity index (χ1) is 16.4. The van der Waals surface area contributed by atoms with Gasteiger partial charge in [-0.15, -0.1) is 0 Å². The van der Waals surface area contributed by atoms with Crippen LogP contribution >= 0.6 is 36.5 Å². The van der Waals surface area contributed by atoms with Gasteiger partial charge in [-0.3, -0.25) is 0 Å². The van der Waals surface area contributed by atoms with E-state index in [-0.39, 0.29) is 0 Å². The molecule has 34 heavy (non-hydrogen) atoms. The van der Waals surface area contributed by atoms with Crippen molar-refractivity contribution in [3.63, 3.8) is 0 Å². The molecular weight excluding hydrogens is 535 g/mol. The lowest BCUT2D eigenvalue weighted by atomic mass is 10.3. The molecule has 1 fully saturated rings. The first-order valence-electron chi connectivity index (χ1n) is 10.4. The number of para-hydroxylation sites is 2. The van der Waals surface area contributed by atoms with Crippen LogP contribution in [0.4, 0.5) is 0 Å². The minimum Gasteiger partial charge on any atom is -0.457 e. The fourth-order valence-corrected chi connectivity index (χ4v) is 20.7. The Labute approximate surface area is 220 Å². The van der Waals surface area contributed by atoms with E-state index in [9.17, 15) is 0 Å². The maximum absolute atomic E-state index is 6.10. The Morgan fingerprint density at radius 1 is 0.412 bits per heavy atom. The fraction of sp³-hybridized carbons (Fsp3) is 0. The van der Waals surface area contributed by atoms with Crippen LogP contribution < -0.4 is 20.1 Å². The topological polar surface area (TPSA) is 18.5 Å². The second kappa shape index (κ2) is 9.54. The van der Waals surface area contributed by atoms with Gasteiger partial charge in [-0.1, -0.05) is 84.4 Å². The summed E-state index contributed by atoms with van der Waals surface area (Å²) >= 11 is 24.0. The molecule has 0 spiro atoms. The fourth-order valence-electron chi connectivity index (χ4n) is 3.65. The summed E-state index contributed by atoms with van der Waals surface area (Å²) in [5, 5.41) is 1.95. The van der Waals surface area contributed by atoms with Gasteiger partial charge in [0.2, 0.25) is 0 Å². The first kappa shape index (κ1) is 23.7. The van der Waals surface area contributed by atoms with Crippen molar-refractivity contribution < 1.29 is 9.47 Å². The highest BCUT2D eigenvalue weighted by Crippen LogP contribution is 2.81. The Hall–Kier alpha value is -2.04. The van der Waals surface area contributed by atoms with Crippen LogP contribution in [0.15, 0.2) is 109 Å². The van der Waals surface area contributed by atoms with Crippen molar-refractivity contribution in [3.8, 4) is 23.0 Å². The number of rotatable bonds is 6. The van der Waals surface area contributed by atoms with Gasteiger partial charge < -0.3 is 9.47 Å². The Kier molecular flexibility index (Phi) is 6.65. The second-order valence-electron chi connectivity index (χ2n) is 7.60. The number of hydrogen-bond donors (Lipinski definition) is 0. The summed E-state index contributed by atoms with van der Waals surface area (Å²) in [5.41, 5.74) is 0. The lowest BCUT2D eigenvalue weighted by Crippen LogP contribution is -2.33. The minimum absolute atomic E-state index is 0.738. The van der Waals surface area contributed by atoms with Gasteiger partial charge in [0.15, 0.2) is 0 Å². The van der Waals surface area contributed by atoms with Crippen LogP contribution in [0.3, 0.4) is 0 Å². The van der Waals surface area contributed by atoms with Crippen LogP contribution in [-0.2, 0) is 23.6 Å². The maximum Gasteiger partial charge on any atom is 0.127 e. The molecule has 168 valence electrons. The van der Waals surface area contributed by atoms with Crippen molar-refractivity contribution in [2.75, 3.05) is 0 Å². The molecule has 4 aromatic carbocycles. The minimum atomic E-state index is -2.33. The molecule has 0 aliphatic carbocycles. The summed E-state index contributed by atoms with van der Waals surface area (Å²) in [6.45, 7) is 0. The third-order valence-electron chi connectivity index (χ3n) is 5.44. The van der Waals surface area contributed by atoms with Crippen molar-refractivity contribution in [2.45, 2.75) is 0 Å². The summed E-state index contributed by atoms with van der Waals surface area (Å²) < 4.78 is 13.4. The van der Waals surface area contributed by atoms with Crippen LogP contribution in [0.1, 0.15) is 0 Å². The number of hydrogen-bond acceptors (Lipinski definition) is 6. The molecule has 0 N–H and O–H groups in total. The van der Waals surface area contributed by atoms with Gasteiger partial charge in [0.25, 0.3) is 0 Å². The van der Waals surface area contributed by atoms with Crippen LogP contribution in [0.25, 0.3) is 0 Å². The molecule has 0 bridgehead atoms. The molecule has 8 heteroatoms. The molecule has 0 amide bonds. The summed E-state index contributed by atoms with van der Waals surface area (Å²) in [6, 6.07) is 30.2. The zero-order chi connectivity index (χ0) is 23.8. The smallest absolute Gasteiger partial charge is 0.127 e. The van der Waals surface area contributed by atoms with Gasteiger partial charge in [0, 0.05) is 0 Å². The van der Waals surface area contributed by atoms with E-state index in [0.29, 0.717) is 0 Å². The summed E-state index contributed by atoms with van der Waals surface area (Å²) in [4.78, 5) is 0. The quantitative estimate of drug-likeness (QED) is 0.178. The van der Waals surface area contributed by atoms with Gasteiger partial charge in [-0.25, -0.2) is 0 Å². The summed E-state index contributed by atoms with van der Waals surface area (Å²) in [5.74, 6) is 3.04. The molecule has 1 saturated heterocycles. The lowest BCUT2D eigenvalue weighted by Gasteiger charge is -2.44. The normalized spacial score (nSPS) is 21.5. The van der Waals surface area contributed by atoms with E-state index in [1.807, 2.05) is 109 Å². The van der Waals surface area contributed by atoms with Crippen LogP contribution in [-0.4, -0.2) is 8.69 Å². The summed E-state index contributed by atoms with van der Waals surface area (Å²) in [7, 11) is 0. The van der Waals surface area contributed by atoms with E-state index in [1.165, 1.54) is 0 Å². The molecular formula is C26H18O2P2S4. The first-order valence-corrected chi connectivity index (χ1v) is 16.8. The predicted octanol–water partition coefficient (Wildman–Crippen LogP) is 7.76. The van der Waals surface area contributed by atoms with Crippen molar-refractivity contribution in [1.29, 1.82) is 0 Å². The zero-order valence-corrected chi connectivity index (χ0v) is 22.8. The Bertz CT molecular complexity index is 1330. The number of thiocarbonyl (C=S) groups is 2. The highest BCUT2D eigenvalue weighted by atomic mass is 32.5. The standard InChI is InChI=1S/C26H18O2P2S4/c31-25-29(33,23-15-11-21(12-16-23)27-19-7-3-1-4-8-19)26(32)30(25,34)24-17-13-22(14-18-24)28-20-9-5-2-6-10-20/h1-18H. The van der Waals surface area contributed by atoms with E-state index in [1.54, 1.807) is 0 Å². The van der Waals surface area contributed by atoms with E-state index in [4.69, 9.17) is 57.5 Å². The second-order valence-corrected chi connectivity index (χ2v) is 18.9. The average Bonchev–Trinajstić information content (AvgIpc) is 2.89. The molecule has 0 aromatic heterocycles. The Morgan fingerprint density at radius 3 is 1.03 bits per heavy atom. The van der Waals surface area contributed by atoms with Gasteiger partial charge >= 0.3 is 0 Å². The van der Waals surface area contributed by atoms with Gasteiger partial charge in [0.1, 0.15) is 23.0 Å². The van der Waals surface area contributed by atoms with Gasteiger partial charge in [-0.05, 0) is 83.4 Å². The molecule has 0 radical (unpaired) electrons. The third-order valence-corrected chi connectivity index (χ3v) is 23.0. The molecule has 0 atom stereocenters. The molecule has 0 unspecified atom stereocenters. The Balaban J connectivity index is 1.35. The van der Waals surface area contributed by atoms with Crippen LogP contribution in [0.2, 0.25) is 0 Å². The molecule has 2 nitrogen and oxygen atoms in total. The van der Waals surface area contributed by atoms with E-state index in [0.717, 1.165) is 42.3 Å². The van der Waals surface area contributed by atoms with E-state index >= 15 is 0 Å². The van der Waals surface area contributed by atoms with Crippen molar-refractivity contribution in [2.24, 2.45) is 0 Å². The molecule has 4 aromatic rings. The summed E-state index contributed by atoms with van der Waals surface area (Å²) in [6.07, 6.45) is 0. The molecule has 1 heterocycles. The molecule has 5 rings (SSSR count). The molecule has 0 saturated carbocycles. The van der Waals surface area contributed by atoms with E-state index < -0.39 is 12.1 Å². The monoisotopic (exact) mass is 552 g/mol. The molecule has 1 aliphatic heterocycles. The lowest BCUT2D eigenvalue weighted by molar-refractivity contribution is 0.482. The average molecular weight is 553 g/mol. The van der Waals surface area contributed by atoms with Gasteiger partial charge in [-0.2, -0.15) is 0 Å². The highest BCUT2D eigenvalue weighted by Gasteiger charge is 2.54. The van der Waals surface area contributed by atoms with Crippen molar-refractivity contribution in [1.82, 2.24) is 0 Å². The van der Waals surface area contributed by atoms with Crippen molar-refractivity contribution >= 4 is 79.4 Å². The van der Waals surface area contributed by atoms with Crippen LogP contribution in [0.5, 0.6) is 23.0 Å². The van der Waals surface area contributed by atoms with Gasteiger partial charge in [0.05, 0.1) is 20.8 Å². The zero-order valence-electron chi connectivity index (χ0n) is 17.7. The van der Waals surface area contributed by atoms with Crippen molar-refractivity contribution in [3.05, 3.63) is 109 Å². The number of ether oxygens (including phenoxy) is 2. The maximum atomic E-state index is 6.10. The largest absolute Gasteiger partial charge is 0.457 e.